The van der Waals surface area contributed by atoms with Crippen molar-refractivity contribution in [2.24, 2.45) is 0 Å². The first-order valence-corrected chi connectivity index (χ1v) is 7.95. The third kappa shape index (κ3) is 3.42. The highest BCUT2D eigenvalue weighted by Crippen LogP contribution is 2.29. The maximum absolute atomic E-state index is 10.9. The number of hydrogen-bond donors (Lipinski definition) is 0. The minimum Gasteiger partial charge on any atom is -0.416 e. The fourth-order valence-electron chi connectivity index (χ4n) is 2.56. The van der Waals surface area contributed by atoms with Crippen LogP contribution in [-0.2, 0) is 5.41 Å². The Morgan fingerprint density at radius 1 is 0.960 bits per heavy atom. The number of aryl methyl sites for hydroxylation is 1. The lowest BCUT2D eigenvalue weighted by molar-refractivity contribution is -0.385. The molecule has 128 valence electrons. The van der Waals surface area contributed by atoms with Crippen LogP contribution in [0.4, 0.5) is 5.69 Å². The number of nitrogens with zero attached hydrogens (tertiary/aromatic N) is 3. The lowest BCUT2D eigenvalue weighted by Gasteiger charge is -2.18. The summed E-state index contributed by atoms with van der Waals surface area (Å²) in [7, 11) is 0. The molecule has 6 nitrogen and oxygen atoms in total. The summed E-state index contributed by atoms with van der Waals surface area (Å²) in [4.78, 5) is 10.5. The summed E-state index contributed by atoms with van der Waals surface area (Å²) in [6.07, 6.45) is 0. The molecule has 1 aromatic heterocycles. The van der Waals surface area contributed by atoms with Crippen LogP contribution >= 0.6 is 0 Å². The number of nitro benzene ring substituents is 1. The summed E-state index contributed by atoms with van der Waals surface area (Å²) in [6, 6.07) is 12.8. The summed E-state index contributed by atoms with van der Waals surface area (Å²) in [5, 5.41) is 19.1. The number of rotatable bonds is 3. The monoisotopic (exact) mass is 337 g/mol. The van der Waals surface area contributed by atoms with Crippen molar-refractivity contribution >= 4 is 5.69 Å². The van der Waals surface area contributed by atoms with Gasteiger partial charge in [0.05, 0.1) is 4.92 Å². The van der Waals surface area contributed by atoms with E-state index >= 15 is 0 Å². The molecule has 0 aliphatic carbocycles. The SMILES string of the molecule is Cc1cc(-c2nnc(-c3ccc(C(C)(C)C)cc3)o2)ccc1[N+](=O)[O-]. The molecule has 0 radical (unpaired) electrons. The zero-order valence-corrected chi connectivity index (χ0v) is 14.6. The van der Waals surface area contributed by atoms with Gasteiger partial charge >= 0.3 is 0 Å². The van der Waals surface area contributed by atoms with Gasteiger partial charge in [-0.05, 0) is 42.2 Å². The molecule has 0 atom stereocenters. The van der Waals surface area contributed by atoms with Crippen molar-refractivity contribution in [3.05, 3.63) is 63.7 Å². The molecule has 6 heteroatoms. The van der Waals surface area contributed by atoms with E-state index in [0.717, 1.165) is 5.56 Å². The molecular weight excluding hydrogens is 318 g/mol. The molecule has 1 heterocycles. The first-order valence-electron chi connectivity index (χ1n) is 7.95. The van der Waals surface area contributed by atoms with Crippen LogP contribution in [0.1, 0.15) is 31.9 Å². The number of aromatic nitrogens is 2. The quantitative estimate of drug-likeness (QED) is 0.500. The normalized spacial score (nSPS) is 11.5. The van der Waals surface area contributed by atoms with Crippen molar-refractivity contribution in [3.63, 3.8) is 0 Å². The smallest absolute Gasteiger partial charge is 0.272 e. The lowest BCUT2D eigenvalue weighted by Crippen LogP contribution is -2.10. The number of nitro groups is 1. The Hall–Kier alpha value is -3.02. The first kappa shape index (κ1) is 16.8. The Bertz CT molecular complexity index is 922. The summed E-state index contributed by atoms with van der Waals surface area (Å²) < 4.78 is 5.74. The summed E-state index contributed by atoms with van der Waals surface area (Å²) in [6.45, 7) is 8.15. The van der Waals surface area contributed by atoms with Crippen molar-refractivity contribution in [3.8, 4) is 22.9 Å². The van der Waals surface area contributed by atoms with Gasteiger partial charge in [-0.25, -0.2) is 0 Å². The Kier molecular flexibility index (Phi) is 4.12. The third-order valence-electron chi connectivity index (χ3n) is 4.06. The van der Waals surface area contributed by atoms with E-state index in [-0.39, 0.29) is 11.1 Å². The van der Waals surface area contributed by atoms with Gasteiger partial charge < -0.3 is 4.42 Å². The van der Waals surface area contributed by atoms with Gasteiger partial charge in [0.25, 0.3) is 5.69 Å². The standard InChI is InChI=1S/C19H19N3O3/c1-12-11-14(7-10-16(12)22(23)24)18-21-20-17(25-18)13-5-8-15(9-6-13)19(2,3)4/h5-11H,1-4H3. The van der Waals surface area contributed by atoms with E-state index in [1.165, 1.54) is 11.6 Å². The van der Waals surface area contributed by atoms with Crippen LogP contribution in [0, 0.1) is 17.0 Å². The van der Waals surface area contributed by atoms with Crippen LogP contribution in [0.15, 0.2) is 46.9 Å². The van der Waals surface area contributed by atoms with E-state index in [2.05, 4.69) is 43.1 Å². The van der Waals surface area contributed by atoms with Gasteiger partial charge in [0.2, 0.25) is 11.8 Å². The van der Waals surface area contributed by atoms with Crippen LogP contribution < -0.4 is 0 Å². The molecule has 0 unspecified atom stereocenters. The summed E-state index contributed by atoms with van der Waals surface area (Å²) in [5.74, 6) is 0.763. The Morgan fingerprint density at radius 2 is 1.52 bits per heavy atom. The fraction of sp³-hybridized carbons (Fsp3) is 0.263. The van der Waals surface area contributed by atoms with Gasteiger partial charge in [-0.2, -0.15) is 0 Å². The molecule has 0 N–H and O–H groups in total. The molecule has 0 aliphatic rings. The van der Waals surface area contributed by atoms with Gasteiger partial charge in [-0.15, -0.1) is 10.2 Å². The van der Waals surface area contributed by atoms with Crippen molar-refractivity contribution in [2.75, 3.05) is 0 Å². The third-order valence-corrected chi connectivity index (χ3v) is 4.06. The zero-order chi connectivity index (χ0) is 18.2. The molecule has 25 heavy (non-hydrogen) atoms. The second-order valence-corrected chi connectivity index (χ2v) is 7.00. The second kappa shape index (κ2) is 6.12. The number of hydrogen-bond acceptors (Lipinski definition) is 5. The van der Waals surface area contributed by atoms with E-state index in [1.807, 2.05) is 12.1 Å². The molecule has 3 aromatic rings. The highest BCUT2D eigenvalue weighted by atomic mass is 16.6. The number of benzene rings is 2. The van der Waals surface area contributed by atoms with Crippen molar-refractivity contribution in [1.82, 2.24) is 10.2 Å². The average molecular weight is 337 g/mol. The molecule has 0 aliphatic heterocycles. The van der Waals surface area contributed by atoms with Crippen molar-refractivity contribution < 1.29 is 9.34 Å². The minimum absolute atomic E-state index is 0.0706. The molecular formula is C19H19N3O3. The maximum Gasteiger partial charge on any atom is 0.272 e. The van der Waals surface area contributed by atoms with E-state index in [0.29, 0.717) is 22.9 Å². The van der Waals surface area contributed by atoms with E-state index in [1.54, 1.807) is 19.1 Å². The molecule has 0 saturated carbocycles. The topological polar surface area (TPSA) is 82.1 Å². The van der Waals surface area contributed by atoms with Crippen LogP contribution in [0.2, 0.25) is 0 Å². The molecule has 0 amide bonds. The fourth-order valence-corrected chi connectivity index (χ4v) is 2.56. The molecule has 2 aromatic carbocycles. The first-order chi connectivity index (χ1) is 11.8. The molecule has 0 saturated heterocycles. The van der Waals surface area contributed by atoms with E-state index in [4.69, 9.17) is 4.42 Å². The van der Waals surface area contributed by atoms with Gasteiger partial charge in [-0.3, -0.25) is 10.1 Å². The minimum atomic E-state index is -0.408. The van der Waals surface area contributed by atoms with Gasteiger partial charge in [0.1, 0.15) is 0 Å². The molecule has 0 fully saturated rings. The van der Waals surface area contributed by atoms with E-state index < -0.39 is 4.92 Å². The van der Waals surface area contributed by atoms with Crippen LogP contribution in [0.25, 0.3) is 22.9 Å². The van der Waals surface area contributed by atoms with Gasteiger partial charge in [0, 0.05) is 22.8 Å². The second-order valence-electron chi connectivity index (χ2n) is 7.00. The van der Waals surface area contributed by atoms with Crippen molar-refractivity contribution in [2.45, 2.75) is 33.1 Å². The van der Waals surface area contributed by atoms with Crippen molar-refractivity contribution in [1.29, 1.82) is 0 Å². The predicted octanol–water partition coefficient (Wildman–Crippen LogP) is 4.92. The average Bonchev–Trinajstić information content (AvgIpc) is 3.03. The molecule has 3 rings (SSSR count). The highest BCUT2D eigenvalue weighted by Gasteiger charge is 2.17. The van der Waals surface area contributed by atoms with Gasteiger partial charge in [-0.1, -0.05) is 32.9 Å². The Labute approximate surface area is 145 Å². The highest BCUT2D eigenvalue weighted by molar-refractivity contribution is 5.61. The maximum atomic E-state index is 10.9. The van der Waals surface area contributed by atoms with E-state index in [9.17, 15) is 10.1 Å². The lowest BCUT2D eigenvalue weighted by atomic mass is 9.87. The predicted molar refractivity (Wildman–Crippen MR) is 95.3 cm³/mol. The Balaban J connectivity index is 1.90. The largest absolute Gasteiger partial charge is 0.416 e. The Morgan fingerprint density at radius 3 is 2.04 bits per heavy atom. The van der Waals surface area contributed by atoms with Crippen LogP contribution in [-0.4, -0.2) is 15.1 Å². The summed E-state index contributed by atoms with van der Waals surface area (Å²) in [5.41, 5.74) is 3.42. The molecule has 0 bridgehead atoms. The van der Waals surface area contributed by atoms with Gasteiger partial charge in [0.15, 0.2) is 0 Å². The van der Waals surface area contributed by atoms with Crippen LogP contribution in [0.5, 0.6) is 0 Å². The van der Waals surface area contributed by atoms with Crippen LogP contribution in [0.3, 0.4) is 0 Å². The molecule has 0 spiro atoms. The zero-order valence-electron chi connectivity index (χ0n) is 14.6. The summed E-state index contributed by atoms with van der Waals surface area (Å²) >= 11 is 0.